The first-order valence-electron chi connectivity index (χ1n) is 9.26. The monoisotopic (exact) mass is 363 g/mol. The summed E-state index contributed by atoms with van der Waals surface area (Å²) in [6, 6.07) is 14.0. The van der Waals surface area contributed by atoms with E-state index >= 15 is 0 Å². The van der Waals surface area contributed by atoms with E-state index in [-0.39, 0.29) is 6.61 Å². The summed E-state index contributed by atoms with van der Waals surface area (Å²) < 4.78 is 0. The number of rotatable bonds is 11. The molecule has 2 aromatic carbocycles. The Bertz CT molecular complexity index is 779. The van der Waals surface area contributed by atoms with Crippen LogP contribution < -0.4 is 16.0 Å². The van der Waals surface area contributed by atoms with E-state index in [0.717, 1.165) is 53.4 Å². The lowest BCUT2D eigenvalue weighted by atomic mass is 10.2. The highest BCUT2D eigenvalue weighted by atomic mass is 16.3. The quantitative estimate of drug-likeness (QED) is 0.301. The number of hydrogen-bond donors (Lipinski definition) is 4. The highest BCUT2D eigenvalue weighted by Crippen LogP contribution is 2.27. The Kier molecular flexibility index (Phi) is 8.20. The molecule has 0 aliphatic heterocycles. The number of anilines is 4. The Morgan fingerprint density at radius 2 is 1.70 bits per heavy atom. The summed E-state index contributed by atoms with van der Waals surface area (Å²) in [7, 11) is 0. The van der Waals surface area contributed by atoms with Crippen LogP contribution in [0.2, 0.25) is 0 Å². The minimum absolute atomic E-state index is 0.0468. The number of unbranched alkanes of at least 4 members (excludes halogenated alkanes) is 1. The van der Waals surface area contributed by atoms with E-state index in [1.165, 1.54) is 0 Å². The lowest BCUT2D eigenvalue weighted by Crippen LogP contribution is -2.04. The molecule has 4 heteroatoms. The molecule has 0 aliphatic carbocycles. The molecule has 0 amide bonds. The third-order valence-electron chi connectivity index (χ3n) is 4.02. The summed E-state index contributed by atoms with van der Waals surface area (Å²) in [5, 5.41) is 19.4. The topological polar surface area (TPSA) is 56.3 Å². The molecule has 4 nitrogen and oxygen atoms in total. The lowest BCUT2D eigenvalue weighted by molar-refractivity contribution is 0.282. The standard InChI is InChI=1S/C23H29N3O/c1-4-7-13-24-21-14-22(25-19(6-3)8-5-2)16-23(15-21)26-20-11-9-18(17-27)10-12-20/h5-6,8-12,14-16,24-27H,2-4,7,13,17H2,1H3/b19-8+. The molecule has 27 heavy (non-hydrogen) atoms. The highest BCUT2D eigenvalue weighted by molar-refractivity contribution is 5.72. The fourth-order valence-corrected chi connectivity index (χ4v) is 2.60. The number of aliphatic hydroxyl groups is 1. The molecule has 0 radical (unpaired) electrons. The van der Waals surface area contributed by atoms with Crippen molar-refractivity contribution in [1.82, 2.24) is 0 Å². The average Bonchev–Trinajstić information content (AvgIpc) is 2.68. The van der Waals surface area contributed by atoms with Crippen LogP contribution >= 0.6 is 0 Å². The van der Waals surface area contributed by atoms with Gasteiger partial charge in [-0.3, -0.25) is 0 Å². The molecule has 0 atom stereocenters. The third kappa shape index (κ3) is 6.68. The van der Waals surface area contributed by atoms with Crippen molar-refractivity contribution in [1.29, 1.82) is 0 Å². The molecule has 0 aromatic heterocycles. The van der Waals surface area contributed by atoms with Crippen LogP contribution in [0.15, 0.2) is 79.5 Å². The first-order chi connectivity index (χ1) is 13.2. The van der Waals surface area contributed by atoms with Crippen LogP contribution in [0.4, 0.5) is 22.7 Å². The van der Waals surface area contributed by atoms with Crippen molar-refractivity contribution in [3.05, 3.63) is 85.1 Å². The maximum Gasteiger partial charge on any atom is 0.0681 e. The zero-order valence-electron chi connectivity index (χ0n) is 16.0. The number of nitrogens with one attached hydrogen (secondary N) is 3. The van der Waals surface area contributed by atoms with E-state index in [9.17, 15) is 5.11 Å². The maximum atomic E-state index is 9.19. The van der Waals surface area contributed by atoms with Crippen LogP contribution in [-0.4, -0.2) is 11.7 Å². The van der Waals surface area contributed by atoms with Crippen LogP contribution in [0, 0.1) is 0 Å². The molecule has 0 fully saturated rings. The van der Waals surface area contributed by atoms with Crippen LogP contribution in [0.5, 0.6) is 0 Å². The maximum absolute atomic E-state index is 9.19. The van der Waals surface area contributed by atoms with E-state index in [1.807, 2.05) is 36.4 Å². The van der Waals surface area contributed by atoms with Gasteiger partial charge in [0.15, 0.2) is 0 Å². The van der Waals surface area contributed by atoms with Gasteiger partial charge in [0.2, 0.25) is 0 Å². The van der Waals surface area contributed by atoms with Crippen molar-refractivity contribution >= 4 is 22.7 Å². The minimum Gasteiger partial charge on any atom is -0.392 e. The molecule has 142 valence electrons. The van der Waals surface area contributed by atoms with Gasteiger partial charge in [-0.15, -0.1) is 0 Å². The van der Waals surface area contributed by atoms with Crippen LogP contribution in [0.3, 0.4) is 0 Å². The van der Waals surface area contributed by atoms with Gasteiger partial charge in [0.05, 0.1) is 6.61 Å². The van der Waals surface area contributed by atoms with Gasteiger partial charge in [-0.25, -0.2) is 0 Å². The minimum atomic E-state index is 0.0468. The van der Waals surface area contributed by atoms with Gasteiger partial charge >= 0.3 is 0 Å². The Morgan fingerprint density at radius 3 is 2.33 bits per heavy atom. The fourth-order valence-electron chi connectivity index (χ4n) is 2.60. The fraction of sp³-hybridized carbons (Fsp3) is 0.217. The van der Waals surface area contributed by atoms with Crippen LogP contribution in [-0.2, 0) is 6.61 Å². The zero-order chi connectivity index (χ0) is 19.5. The second-order valence-electron chi connectivity index (χ2n) is 6.25. The Balaban J connectivity index is 2.25. The summed E-state index contributed by atoms with van der Waals surface area (Å²) in [5.41, 5.74) is 5.72. The van der Waals surface area contributed by atoms with Crippen LogP contribution in [0.25, 0.3) is 0 Å². The van der Waals surface area contributed by atoms with Crippen molar-refractivity contribution in [3.8, 4) is 0 Å². The van der Waals surface area contributed by atoms with Gasteiger partial charge in [-0.2, -0.15) is 0 Å². The van der Waals surface area contributed by atoms with Gasteiger partial charge in [-0.1, -0.05) is 44.7 Å². The molecule has 0 saturated carbocycles. The molecular weight excluding hydrogens is 334 g/mol. The van der Waals surface area contributed by atoms with Gasteiger partial charge in [0, 0.05) is 35.0 Å². The van der Waals surface area contributed by atoms with Crippen molar-refractivity contribution in [3.63, 3.8) is 0 Å². The Morgan fingerprint density at radius 1 is 1.00 bits per heavy atom. The van der Waals surface area contributed by atoms with E-state index < -0.39 is 0 Å². The first-order valence-corrected chi connectivity index (χ1v) is 9.26. The summed E-state index contributed by atoms with van der Waals surface area (Å²) in [5.74, 6) is 0. The van der Waals surface area contributed by atoms with Crippen LogP contribution in [0.1, 0.15) is 25.3 Å². The van der Waals surface area contributed by atoms with Crippen molar-refractivity contribution in [2.45, 2.75) is 26.4 Å². The number of allylic oxidation sites excluding steroid dienone is 3. The van der Waals surface area contributed by atoms with E-state index in [0.29, 0.717) is 0 Å². The largest absolute Gasteiger partial charge is 0.392 e. The second kappa shape index (κ2) is 10.9. The second-order valence-corrected chi connectivity index (χ2v) is 6.25. The molecular formula is C23H29N3O. The SMILES string of the molecule is C=C/C=C(\C=C)Nc1cc(NCCCC)cc(Nc2ccc(CO)cc2)c1. The molecule has 0 unspecified atom stereocenters. The summed E-state index contributed by atoms with van der Waals surface area (Å²) in [6.07, 6.45) is 7.65. The van der Waals surface area contributed by atoms with Crippen molar-refractivity contribution in [2.24, 2.45) is 0 Å². The van der Waals surface area contributed by atoms with Gasteiger partial charge < -0.3 is 21.1 Å². The zero-order valence-corrected chi connectivity index (χ0v) is 16.0. The Labute approximate surface area is 162 Å². The lowest BCUT2D eigenvalue weighted by Gasteiger charge is -2.15. The molecule has 4 N–H and O–H groups in total. The summed E-state index contributed by atoms with van der Waals surface area (Å²) in [4.78, 5) is 0. The third-order valence-corrected chi connectivity index (χ3v) is 4.02. The predicted molar refractivity (Wildman–Crippen MR) is 118 cm³/mol. The van der Waals surface area contributed by atoms with E-state index in [1.54, 1.807) is 12.2 Å². The molecule has 0 bridgehead atoms. The normalized spacial score (nSPS) is 11.0. The molecule has 0 saturated heterocycles. The smallest absolute Gasteiger partial charge is 0.0681 e. The van der Waals surface area contributed by atoms with Crippen molar-refractivity contribution < 1.29 is 5.11 Å². The number of aliphatic hydroxyl groups excluding tert-OH is 1. The summed E-state index contributed by atoms with van der Waals surface area (Å²) in [6.45, 7) is 10.7. The molecule has 0 aliphatic rings. The van der Waals surface area contributed by atoms with Gasteiger partial charge in [0.25, 0.3) is 0 Å². The highest BCUT2D eigenvalue weighted by Gasteiger charge is 2.03. The van der Waals surface area contributed by atoms with Crippen molar-refractivity contribution in [2.75, 3.05) is 22.5 Å². The van der Waals surface area contributed by atoms with E-state index in [2.05, 4.69) is 48.2 Å². The average molecular weight is 364 g/mol. The number of hydrogen-bond acceptors (Lipinski definition) is 4. The van der Waals surface area contributed by atoms with E-state index in [4.69, 9.17) is 0 Å². The molecule has 2 aromatic rings. The van der Waals surface area contributed by atoms with Gasteiger partial charge in [0.1, 0.15) is 0 Å². The van der Waals surface area contributed by atoms with Gasteiger partial charge in [-0.05, 0) is 54.5 Å². The molecule has 2 rings (SSSR count). The molecule has 0 heterocycles. The predicted octanol–water partition coefficient (Wildman–Crippen LogP) is 5.80. The first kappa shape index (κ1) is 20.3. The number of benzene rings is 2. The molecule has 0 spiro atoms. The Hall–Kier alpha value is -2.98. The summed E-state index contributed by atoms with van der Waals surface area (Å²) >= 11 is 0.